The van der Waals surface area contributed by atoms with Gasteiger partial charge in [-0.05, 0) is 44.4 Å². The molecule has 7 nitrogen and oxygen atoms in total. The Balaban J connectivity index is 2.51. The van der Waals surface area contributed by atoms with E-state index in [1.165, 1.54) is 0 Å². The van der Waals surface area contributed by atoms with Gasteiger partial charge >= 0.3 is 5.63 Å². The molecule has 2 rings (SSSR count). The highest BCUT2D eigenvalue weighted by atomic mass is 16.5. The van der Waals surface area contributed by atoms with E-state index in [1.807, 2.05) is 0 Å². The van der Waals surface area contributed by atoms with Gasteiger partial charge in [-0.3, -0.25) is 0 Å². The van der Waals surface area contributed by atoms with Crippen molar-refractivity contribution in [3.05, 3.63) is 39.2 Å². The lowest BCUT2D eigenvalue weighted by molar-refractivity contribution is -0.308. The van der Waals surface area contributed by atoms with Gasteiger partial charge in [0.2, 0.25) is 0 Å². The van der Waals surface area contributed by atoms with E-state index in [-0.39, 0.29) is 29.7 Å². The molecule has 0 N–H and O–H groups in total. The van der Waals surface area contributed by atoms with Gasteiger partial charge in [0.15, 0.2) is 0 Å². The van der Waals surface area contributed by atoms with Crippen LogP contribution in [0.5, 0.6) is 5.75 Å². The van der Waals surface area contributed by atoms with Crippen LogP contribution in [0.2, 0.25) is 0 Å². The lowest BCUT2D eigenvalue weighted by Gasteiger charge is -2.13. The molecule has 0 atom stereocenters. The lowest BCUT2D eigenvalue weighted by Crippen LogP contribution is -2.29. The van der Waals surface area contributed by atoms with E-state index in [1.54, 1.807) is 26.0 Å². The Morgan fingerprint density at radius 3 is 2.43 bits per heavy atom. The summed E-state index contributed by atoms with van der Waals surface area (Å²) in [6.45, 7) is 2.72. The lowest BCUT2D eigenvalue weighted by atomic mass is 10.0. The second-order valence-corrected chi connectivity index (χ2v) is 5.09. The summed E-state index contributed by atoms with van der Waals surface area (Å²) in [4.78, 5) is 33.1. The molecule has 2 aromatic rings. The van der Waals surface area contributed by atoms with Crippen LogP contribution in [-0.2, 0) is 16.0 Å². The zero-order valence-electron chi connectivity index (χ0n) is 12.6. The first-order valence-electron chi connectivity index (χ1n) is 6.89. The molecule has 0 fully saturated rings. The summed E-state index contributed by atoms with van der Waals surface area (Å²) < 4.78 is 10.4. The zero-order valence-corrected chi connectivity index (χ0v) is 12.6. The third kappa shape index (κ3) is 3.50. The third-order valence-electron chi connectivity index (χ3n) is 3.58. The summed E-state index contributed by atoms with van der Waals surface area (Å²) in [7, 11) is 0. The monoisotopic (exact) mass is 318 g/mol. The van der Waals surface area contributed by atoms with Crippen LogP contribution in [0.3, 0.4) is 0 Å². The van der Waals surface area contributed by atoms with Gasteiger partial charge in [-0.1, -0.05) is 0 Å². The molecule has 0 spiro atoms. The average molecular weight is 318 g/mol. The van der Waals surface area contributed by atoms with Crippen LogP contribution in [0, 0.1) is 13.8 Å². The number of hydrogen-bond acceptors (Lipinski definition) is 7. The molecule has 0 unspecified atom stereocenters. The number of rotatable bonds is 6. The number of fused-ring (bicyclic) bond motifs is 1. The van der Waals surface area contributed by atoms with Gasteiger partial charge < -0.3 is 29.0 Å². The highest BCUT2D eigenvalue weighted by Crippen LogP contribution is 2.29. The average Bonchev–Trinajstić information content (AvgIpc) is 2.46. The first-order chi connectivity index (χ1) is 10.8. The molecule has 0 radical (unpaired) electrons. The number of aliphatic carboxylic acids is 2. The van der Waals surface area contributed by atoms with E-state index in [2.05, 4.69) is 0 Å². The van der Waals surface area contributed by atoms with Crippen molar-refractivity contribution in [3.63, 3.8) is 0 Å². The largest absolute Gasteiger partial charge is 0.550 e. The maximum Gasteiger partial charge on any atom is 0.339 e. The Hall–Kier alpha value is -2.83. The fraction of sp³-hybridized carbons (Fsp3) is 0.312. The summed E-state index contributed by atoms with van der Waals surface area (Å²) >= 11 is 0. The van der Waals surface area contributed by atoms with Crippen molar-refractivity contribution < 1.29 is 29.0 Å². The van der Waals surface area contributed by atoms with Gasteiger partial charge in [-0.25, -0.2) is 4.79 Å². The molecule has 0 saturated carbocycles. The summed E-state index contributed by atoms with van der Waals surface area (Å²) in [5.41, 5.74) is 1.03. The fourth-order valence-electron chi connectivity index (χ4n) is 2.38. The fourth-order valence-corrected chi connectivity index (χ4v) is 2.38. The van der Waals surface area contributed by atoms with Crippen LogP contribution < -0.4 is 20.6 Å². The van der Waals surface area contributed by atoms with Crippen LogP contribution >= 0.6 is 0 Å². The van der Waals surface area contributed by atoms with Crippen LogP contribution in [0.1, 0.15) is 23.1 Å². The van der Waals surface area contributed by atoms with E-state index in [9.17, 15) is 24.6 Å². The Morgan fingerprint density at radius 2 is 1.83 bits per heavy atom. The molecule has 0 amide bonds. The molecule has 1 aromatic carbocycles. The van der Waals surface area contributed by atoms with Crippen molar-refractivity contribution in [3.8, 4) is 5.75 Å². The number of carbonyl (C=O) groups excluding carboxylic acids is 2. The number of carboxylic acids is 2. The van der Waals surface area contributed by atoms with Gasteiger partial charge in [0.25, 0.3) is 0 Å². The minimum Gasteiger partial charge on any atom is -0.550 e. The standard InChI is InChI=1S/C16H16O7/c1-8-10-3-5-12(22-7-14(19)20)9(2)15(10)23-16(21)11(8)4-6-13(17)18/h3,5H,4,6-7H2,1-2H3,(H,17,18)(H,19,20)/p-2. The number of hydrogen-bond donors (Lipinski definition) is 0. The summed E-state index contributed by atoms with van der Waals surface area (Å²) in [6.07, 6.45) is -0.253. The summed E-state index contributed by atoms with van der Waals surface area (Å²) in [5, 5.41) is 21.7. The molecule has 0 saturated heterocycles. The van der Waals surface area contributed by atoms with Gasteiger partial charge in [0.05, 0.1) is 5.97 Å². The normalized spacial score (nSPS) is 10.7. The highest BCUT2D eigenvalue weighted by Gasteiger charge is 2.15. The van der Waals surface area contributed by atoms with E-state index in [4.69, 9.17) is 9.15 Å². The van der Waals surface area contributed by atoms with Gasteiger partial charge in [-0.2, -0.15) is 0 Å². The minimum atomic E-state index is -1.36. The summed E-state index contributed by atoms with van der Waals surface area (Å²) in [5.74, 6) is -2.34. The third-order valence-corrected chi connectivity index (χ3v) is 3.58. The SMILES string of the molecule is Cc1c(CCC(=O)[O-])c(=O)oc2c(C)c(OCC(=O)[O-])ccc12. The maximum absolute atomic E-state index is 12.1. The van der Waals surface area contributed by atoms with E-state index < -0.39 is 24.2 Å². The van der Waals surface area contributed by atoms with Crippen molar-refractivity contribution in [1.29, 1.82) is 0 Å². The Morgan fingerprint density at radius 1 is 1.13 bits per heavy atom. The number of aryl methyl sites for hydroxylation is 2. The van der Waals surface area contributed by atoms with Gasteiger partial charge in [0, 0.05) is 22.5 Å². The second kappa shape index (κ2) is 6.51. The topological polar surface area (TPSA) is 120 Å². The smallest absolute Gasteiger partial charge is 0.339 e. The zero-order chi connectivity index (χ0) is 17.1. The molecule has 122 valence electrons. The Labute approximate surface area is 131 Å². The van der Waals surface area contributed by atoms with Crippen molar-refractivity contribution in [2.75, 3.05) is 6.61 Å². The van der Waals surface area contributed by atoms with Crippen LogP contribution in [-0.4, -0.2) is 18.5 Å². The quantitative estimate of drug-likeness (QED) is 0.641. The number of carbonyl (C=O) groups is 2. The summed E-state index contributed by atoms with van der Waals surface area (Å²) in [6, 6.07) is 3.20. The van der Waals surface area contributed by atoms with Gasteiger partial charge in [0.1, 0.15) is 17.9 Å². The maximum atomic E-state index is 12.1. The van der Waals surface area contributed by atoms with Crippen LogP contribution in [0.4, 0.5) is 0 Å². The molecular formula is C16H14O7-2. The molecule has 0 bridgehead atoms. The van der Waals surface area contributed by atoms with Crippen LogP contribution in [0.25, 0.3) is 11.0 Å². The molecule has 1 aromatic heterocycles. The molecule has 0 aliphatic heterocycles. The van der Waals surface area contributed by atoms with Crippen molar-refractivity contribution in [1.82, 2.24) is 0 Å². The molecule has 7 heteroatoms. The first-order valence-corrected chi connectivity index (χ1v) is 6.89. The molecule has 0 aliphatic carbocycles. The predicted molar refractivity (Wildman–Crippen MR) is 75.8 cm³/mol. The highest BCUT2D eigenvalue weighted by molar-refractivity contribution is 5.85. The molecule has 1 heterocycles. The Kier molecular flexibility index (Phi) is 4.68. The van der Waals surface area contributed by atoms with E-state index in [0.29, 0.717) is 16.5 Å². The number of carboxylic acid groups (broad SMARTS) is 2. The van der Waals surface area contributed by atoms with Crippen LogP contribution in [0.15, 0.2) is 21.3 Å². The van der Waals surface area contributed by atoms with E-state index >= 15 is 0 Å². The number of benzene rings is 1. The Bertz CT molecular complexity index is 832. The molecule has 0 aliphatic rings. The molecular weight excluding hydrogens is 304 g/mol. The van der Waals surface area contributed by atoms with Crippen molar-refractivity contribution in [2.24, 2.45) is 0 Å². The minimum absolute atomic E-state index is 0.0222. The van der Waals surface area contributed by atoms with Crippen molar-refractivity contribution >= 4 is 22.9 Å². The predicted octanol–water partition coefficient (Wildman–Crippen LogP) is -0.779. The molecule has 23 heavy (non-hydrogen) atoms. The second-order valence-electron chi connectivity index (χ2n) is 5.09. The van der Waals surface area contributed by atoms with E-state index in [0.717, 1.165) is 0 Å². The number of ether oxygens (including phenoxy) is 1. The first kappa shape index (κ1) is 16.5. The van der Waals surface area contributed by atoms with Crippen molar-refractivity contribution in [2.45, 2.75) is 26.7 Å². The van der Waals surface area contributed by atoms with Gasteiger partial charge in [-0.15, -0.1) is 0 Å².